The Balaban J connectivity index is 2.31. The van der Waals surface area contributed by atoms with Crippen molar-refractivity contribution in [2.45, 2.75) is 25.7 Å². The Labute approximate surface area is 96.4 Å². The number of benzene rings is 1. The lowest BCUT2D eigenvalue weighted by molar-refractivity contribution is 0.371. The lowest BCUT2D eigenvalue weighted by Crippen LogP contribution is -2.28. The van der Waals surface area contributed by atoms with Crippen LogP contribution in [0.3, 0.4) is 0 Å². The Hall–Kier alpha value is -1.22. The minimum atomic E-state index is 0.229. The van der Waals surface area contributed by atoms with Crippen molar-refractivity contribution < 1.29 is 9.84 Å². The van der Waals surface area contributed by atoms with Crippen molar-refractivity contribution in [3.8, 4) is 11.5 Å². The third-order valence-corrected chi connectivity index (χ3v) is 3.30. The molecule has 2 rings (SSSR count). The Morgan fingerprint density at radius 1 is 1.44 bits per heavy atom. The Kier molecular flexibility index (Phi) is 3.34. The van der Waals surface area contributed by atoms with Gasteiger partial charge in [-0.25, -0.2) is 0 Å². The van der Waals surface area contributed by atoms with Gasteiger partial charge in [0.15, 0.2) is 11.5 Å². The highest BCUT2D eigenvalue weighted by molar-refractivity contribution is 5.47. The van der Waals surface area contributed by atoms with Crippen molar-refractivity contribution in [2.24, 2.45) is 0 Å². The zero-order valence-corrected chi connectivity index (χ0v) is 9.92. The van der Waals surface area contributed by atoms with E-state index in [9.17, 15) is 5.11 Å². The Morgan fingerprint density at radius 3 is 2.88 bits per heavy atom. The topological polar surface area (TPSA) is 41.5 Å². The highest BCUT2D eigenvalue weighted by atomic mass is 16.5. The van der Waals surface area contributed by atoms with Crippen LogP contribution in [0.15, 0.2) is 12.1 Å². The van der Waals surface area contributed by atoms with Gasteiger partial charge in [0.1, 0.15) is 0 Å². The van der Waals surface area contributed by atoms with Gasteiger partial charge < -0.3 is 15.2 Å². The fourth-order valence-electron chi connectivity index (χ4n) is 2.41. The third kappa shape index (κ3) is 2.14. The molecule has 16 heavy (non-hydrogen) atoms. The van der Waals surface area contributed by atoms with E-state index < -0.39 is 0 Å². The number of hydrogen-bond acceptors (Lipinski definition) is 3. The van der Waals surface area contributed by atoms with Gasteiger partial charge in [-0.15, -0.1) is 0 Å². The SMILES string of the molecule is COc1cc(C2CCCNC2)c(C)cc1O. The van der Waals surface area contributed by atoms with Crippen LogP contribution in [-0.4, -0.2) is 25.3 Å². The van der Waals surface area contributed by atoms with Gasteiger partial charge in [-0.2, -0.15) is 0 Å². The van der Waals surface area contributed by atoms with Crippen LogP contribution < -0.4 is 10.1 Å². The highest BCUT2D eigenvalue weighted by Crippen LogP contribution is 2.34. The number of rotatable bonds is 2. The smallest absolute Gasteiger partial charge is 0.160 e. The van der Waals surface area contributed by atoms with Crippen molar-refractivity contribution in [3.63, 3.8) is 0 Å². The second-order valence-corrected chi connectivity index (χ2v) is 4.42. The maximum absolute atomic E-state index is 9.67. The summed E-state index contributed by atoms with van der Waals surface area (Å²) < 4.78 is 5.16. The Bertz CT molecular complexity index is 370. The van der Waals surface area contributed by atoms with Crippen LogP contribution in [0.4, 0.5) is 0 Å². The zero-order valence-electron chi connectivity index (χ0n) is 9.92. The Morgan fingerprint density at radius 2 is 2.25 bits per heavy atom. The van der Waals surface area contributed by atoms with E-state index in [1.165, 1.54) is 18.4 Å². The van der Waals surface area contributed by atoms with Crippen LogP contribution in [0.25, 0.3) is 0 Å². The number of methoxy groups -OCH3 is 1. The fraction of sp³-hybridized carbons (Fsp3) is 0.538. The van der Waals surface area contributed by atoms with Crippen LogP contribution in [0.5, 0.6) is 11.5 Å². The van der Waals surface area contributed by atoms with E-state index in [1.807, 2.05) is 13.0 Å². The second-order valence-electron chi connectivity index (χ2n) is 4.42. The van der Waals surface area contributed by atoms with E-state index in [2.05, 4.69) is 5.32 Å². The quantitative estimate of drug-likeness (QED) is 0.804. The molecule has 0 bridgehead atoms. The summed E-state index contributed by atoms with van der Waals surface area (Å²) in [5.41, 5.74) is 2.44. The van der Waals surface area contributed by atoms with Gasteiger partial charge in [-0.3, -0.25) is 0 Å². The van der Waals surface area contributed by atoms with Crippen molar-refractivity contribution >= 4 is 0 Å². The minimum Gasteiger partial charge on any atom is -0.504 e. The first-order valence-electron chi connectivity index (χ1n) is 5.80. The fourth-order valence-corrected chi connectivity index (χ4v) is 2.41. The van der Waals surface area contributed by atoms with Crippen molar-refractivity contribution in [1.82, 2.24) is 5.32 Å². The van der Waals surface area contributed by atoms with Crippen molar-refractivity contribution in [2.75, 3.05) is 20.2 Å². The molecule has 3 heteroatoms. The van der Waals surface area contributed by atoms with Gasteiger partial charge in [0.05, 0.1) is 7.11 Å². The molecule has 0 radical (unpaired) electrons. The third-order valence-electron chi connectivity index (χ3n) is 3.30. The molecule has 1 fully saturated rings. The van der Waals surface area contributed by atoms with Crippen LogP contribution in [0, 0.1) is 6.92 Å². The number of piperidine rings is 1. The highest BCUT2D eigenvalue weighted by Gasteiger charge is 2.18. The number of aromatic hydroxyl groups is 1. The predicted molar refractivity (Wildman–Crippen MR) is 64.2 cm³/mol. The van der Waals surface area contributed by atoms with Gasteiger partial charge in [-0.05, 0) is 55.5 Å². The van der Waals surface area contributed by atoms with E-state index in [-0.39, 0.29) is 5.75 Å². The molecular formula is C13H19NO2. The van der Waals surface area contributed by atoms with Gasteiger partial charge in [0, 0.05) is 6.54 Å². The molecule has 3 nitrogen and oxygen atoms in total. The monoisotopic (exact) mass is 221 g/mol. The maximum atomic E-state index is 9.67. The summed E-state index contributed by atoms with van der Waals surface area (Å²) >= 11 is 0. The number of hydrogen-bond donors (Lipinski definition) is 2. The first-order chi connectivity index (χ1) is 7.72. The molecule has 1 saturated heterocycles. The molecular weight excluding hydrogens is 202 g/mol. The standard InChI is InChI=1S/C13H19NO2/c1-9-6-12(15)13(16-2)7-11(9)10-4-3-5-14-8-10/h6-7,10,14-15H,3-5,8H2,1-2H3. The second kappa shape index (κ2) is 4.74. The lowest BCUT2D eigenvalue weighted by atomic mass is 9.88. The van der Waals surface area contributed by atoms with E-state index in [0.717, 1.165) is 18.7 Å². The minimum absolute atomic E-state index is 0.229. The maximum Gasteiger partial charge on any atom is 0.160 e. The first kappa shape index (κ1) is 11.3. The van der Waals surface area contributed by atoms with Crippen molar-refractivity contribution in [1.29, 1.82) is 0 Å². The number of aryl methyl sites for hydroxylation is 1. The van der Waals surface area contributed by atoms with E-state index in [1.54, 1.807) is 13.2 Å². The van der Waals surface area contributed by atoms with Crippen LogP contribution in [-0.2, 0) is 0 Å². The molecule has 0 amide bonds. The summed E-state index contributed by atoms with van der Waals surface area (Å²) in [5.74, 6) is 1.35. The number of nitrogens with one attached hydrogen (secondary N) is 1. The van der Waals surface area contributed by atoms with Gasteiger partial charge in [-0.1, -0.05) is 0 Å². The molecule has 1 heterocycles. The van der Waals surface area contributed by atoms with Gasteiger partial charge in [0.2, 0.25) is 0 Å². The summed E-state index contributed by atoms with van der Waals surface area (Å²) in [6, 6.07) is 3.77. The summed E-state index contributed by atoms with van der Waals surface area (Å²) in [5, 5.41) is 13.1. The van der Waals surface area contributed by atoms with Crippen molar-refractivity contribution in [3.05, 3.63) is 23.3 Å². The van der Waals surface area contributed by atoms with Crippen LogP contribution >= 0.6 is 0 Å². The van der Waals surface area contributed by atoms with E-state index in [4.69, 9.17) is 4.74 Å². The molecule has 0 saturated carbocycles. The molecule has 1 aliphatic rings. The molecule has 2 N–H and O–H groups in total. The van der Waals surface area contributed by atoms with Gasteiger partial charge in [0.25, 0.3) is 0 Å². The predicted octanol–water partition coefficient (Wildman–Crippen LogP) is 2.18. The van der Waals surface area contributed by atoms with Crippen LogP contribution in [0.1, 0.15) is 29.9 Å². The number of phenols is 1. The molecule has 0 aliphatic carbocycles. The summed E-state index contributed by atoms with van der Waals surface area (Å²) in [7, 11) is 1.59. The summed E-state index contributed by atoms with van der Waals surface area (Å²) in [4.78, 5) is 0. The molecule has 0 spiro atoms. The summed E-state index contributed by atoms with van der Waals surface area (Å²) in [6.07, 6.45) is 2.43. The average Bonchev–Trinajstić information content (AvgIpc) is 2.30. The largest absolute Gasteiger partial charge is 0.504 e. The summed E-state index contributed by atoms with van der Waals surface area (Å²) in [6.45, 7) is 4.18. The normalized spacial score (nSPS) is 20.8. The lowest BCUT2D eigenvalue weighted by Gasteiger charge is -2.25. The van der Waals surface area contributed by atoms with E-state index >= 15 is 0 Å². The molecule has 1 unspecified atom stereocenters. The zero-order chi connectivity index (χ0) is 11.5. The molecule has 1 aliphatic heterocycles. The molecule has 0 aromatic heterocycles. The van der Waals surface area contributed by atoms with E-state index in [0.29, 0.717) is 11.7 Å². The molecule has 1 aromatic rings. The number of phenolic OH excluding ortho intramolecular Hbond substituents is 1. The van der Waals surface area contributed by atoms with Crippen LogP contribution in [0.2, 0.25) is 0 Å². The molecule has 88 valence electrons. The molecule has 1 atom stereocenters. The average molecular weight is 221 g/mol. The first-order valence-corrected chi connectivity index (χ1v) is 5.80. The molecule has 1 aromatic carbocycles. The number of ether oxygens (including phenoxy) is 1. The van der Waals surface area contributed by atoms with Gasteiger partial charge >= 0.3 is 0 Å².